The highest BCUT2D eigenvalue weighted by Gasteiger charge is 2.33. The van der Waals surface area contributed by atoms with E-state index in [0.717, 1.165) is 25.7 Å². The number of benzene rings is 1. The molecule has 1 aliphatic carbocycles. The van der Waals surface area contributed by atoms with Gasteiger partial charge in [0.25, 0.3) is 5.91 Å². The van der Waals surface area contributed by atoms with Crippen molar-refractivity contribution in [2.75, 3.05) is 6.61 Å². The Morgan fingerprint density at radius 3 is 2.52 bits per heavy atom. The maximum atomic E-state index is 12.4. The number of carbonyl (C=O) groups excluding carboxylic acids is 2. The number of hydrogen-bond donors (Lipinski definition) is 1. The molecule has 25 heavy (non-hydrogen) atoms. The molecule has 1 aromatic rings. The highest BCUT2D eigenvalue weighted by atomic mass is 35.5. The normalized spacial score (nSPS) is 15.5. The summed E-state index contributed by atoms with van der Waals surface area (Å²) in [7, 11) is 0. The third kappa shape index (κ3) is 6.08. The molecule has 0 radical (unpaired) electrons. The Bertz CT molecular complexity index is 628. The molecule has 0 saturated heterocycles. The van der Waals surface area contributed by atoms with Crippen molar-refractivity contribution < 1.29 is 19.1 Å². The number of halogens is 2. The van der Waals surface area contributed by atoms with Crippen molar-refractivity contribution in [1.29, 1.82) is 0 Å². The van der Waals surface area contributed by atoms with E-state index in [4.69, 9.17) is 32.7 Å². The molecule has 1 saturated carbocycles. The molecule has 0 unspecified atom stereocenters. The summed E-state index contributed by atoms with van der Waals surface area (Å²) in [6, 6.07) is 4.85. The standard InChI is InChI=1S/C18H23Cl2NO4/c1-18(2,17(23)21-13-6-4-3-5-7-13)25-16(22)11-24-15-9-8-12(19)10-14(15)20/h8-10,13H,3-7,11H2,1-2H3,(H,21,23). The first-order valence-corrected chi connectivity index (χ1v) is 9.14. The molecule has 1 aliphatic rings. The summed E-state index contributed by atoms with van der Waals surface area (Å²) in [5.74, 6) is -0.612. The summed E-state index contributed by atoms with van der Waals surface area (Å²) in [5, 5.41) is 3.73. The zero-order valence-corrected chi connectivity index (χ0v) is 16.0. The molecule has 0 aromatic heterocycles. The molecule has 0 bridgehead atoms. The monoisotopic (exact) mass is 387 g/mol. The summed E-state index contributed by atoms with van der Waals surface area (Å²) in [6.45, 7) is 2.79. The molecular weight excluding hydrogens is 365 g/mol. The minimum absolute atomic E-state index is 0.156. The number of esters is 1. The Hall–Kier alpha value is -1.46. The molecule has 0 heterocycles. The van der Waals surface area contributed by atoms with Crippen molar-refractivity contribution in [3.8, 4) is 5.75 Å². The van der Waals surface area contributed by atoms with Crippen molar-refractivity contribution in [1.82, 2.24) is 5.32 Å². The second-order valence-corrected chi connectivity index (χ2v) is 7.50. The van der Waals surface area contributed by atoms with E-state index in [0.29, 0.717) is 15.8 Å². The third-order valence-electron chi connectivity index (χ3n) is 4.10. The van der Waals surface area contributed by atoms with E-state index in [-0.39, 0.29) is 18.6 Å². The van der Waals surface area contributed by atoms with E-state index < -0.39 is 11.6 Å². The number of carbonyl (C=O) groups is 2. The summed E-state index contributed by atoms with van der Waals surface area (Å²) in [6.07, 6.45) is 5.36. The molecule has 1 N–H and O–H groups in total. The van der Waals surface area contributed by atoms with Crippen molar-refractivity contribution in [3.05, 3.63) is 28.2 Å². The second kappa shape index (κ2) is 8.77. The van der Waals surface area contributed by atoms with Crippen molar-refractivity contribution >= 4 is 35.1 Å². The van der Waals surface area contributed by atoms with Gasteiger partial charge in [0, 0.05) is 11.1 Å². The minimum Gasteiger partial charge on any atom is -0.480 e. The molecule has 2 rings (SSSR count). The molecule has 1 fully saturated rings. The number of hydrogen-bond acceptors (Lipinski definition) is 4. The van der Waals surface area contributed by atoms with Gasteiger partial charge in [-0.25, -0.2) is 4.79 Å². The Kier molecular flexibility index (Phi) is 6.96. The maximum Gasteiger partial charge on any atom is 0.345 e. The Morgan fingerprint density at radius 2 is 1.88 bits per heavy atom. The van der Waals surface area contributed by atoms with Gasteiger partial charge in [0.05, 0.1) is 5.02 Å². The van der Waals surface area contributed by atoms with Crippen LogP contribution in [0, 0.1) is 0 Å². The lowest BCUT2D eigenvalue weighted by Gasteiger charge is -2.29. The third-order valence-corrected chi connectivity index (χ3v) is 4.63. The first-order chi connectivity index (χ1) is 11.8. The predicted octanol–water partition coefficient (Wildman–Crippen LogP) is 4.14. The lowest BCUT2D eigenvalue weighted by atomic mass is 9.94. The SMILES string of the molecule is CC(C)(OC(=O)COc1ccc(Cl)cc1Cl)C(=O)NC1CCCCC1. The zero-order chi connectivity index (χ0) is 18.4. The maximum absolute atomic E-state index is 12.4. The molecular formula is C18H23Cl2NO4. The first-order valence-electron chi connectivity index (χ1n) is 8.38. The van der Waals surface area contributed by atoms with Gasteiger partial charge in [-0.3, -0.25) is 4.79 Å². The fourth-order valence-electron chi connectivity index (χ4n) is 2.70. The van der Waals surface area contributed by atoms with Crippen LogP contribution in [0.15, 0.2) is 18.2 Å². The van der Waals surface area contributed by atoms with Gasteiger partial charge in [-0.15, -0.1) is 0 Å². The molecule has 138 valence electrons. The Balaban J connectivity index is 1.83. The van der Waals surface area contributed by atoms with Gasteiger partial charge in [0.1, 0.15) is 5.75 Å². The van der Waals surface area contributed by atoms with Gasteiger partial charge < -0.3 is 14.8 Å². The Labute approximate surface area is 158 Å². The predicted molar refractivity (Wildman–Crippen MR) is 97.1 cm³/mol. The number of rotatable bonds is 6. The summed E-state index contributed by atoms with van der Waals surface area (Å²) < 4.78 is 10.6. The van der Waals surface area contributed by atoms with Crippen LogP contribution in [0.25, 0.3) is 0 Å². The molecule has 0 aliphatic heterocycles. The highest BCUT2D eigenvalue weighted by Crippen LogP contribution is 2.27. The van der Waals surface area contributed by atoms with Crippen LogP contribution in [0.1, 0.15) is 46.0 Å². The second-order valence-electron chi connectivity index (χ2n) is 6.66. The minimum atomic E-state index is -1.26. The van der Waals surface area contributed by atoms with Crippen LogP contribution >= 0.6 is 23.2 Å². The summed E-state index contributed by atoms with van der Waals surface area (Å²) in [4.78, 5) is 24.4. The van der Waals surface area contributed by atoms with Crippen LogP contribution < -0.4 is 10.1 Å². The van der Waals surface area contributed by atoms with Crippen molar-refractivity contribution in [2.45, 2.75) is 57.6 Å². The van der Waals surface area contributed by atoms with Crippen LogP contribution in [-0.2, 0) is 14.3 Å². The average Bonchev–Trinajstić information content (AvgIpc) is 2.54. The smallest absolute Gasteiger partial charge is 0.345 e. The number of amides is 1. The molecule has 1 amide bonds. The van der Waals surface area contributed by atoms with E-state index in [1.165, 1.54) is 12.5 Å². The zero-order valence-electron chi connectivity index (χ0n) is 14.4. The lowest BCUT2D eigenvalue weighted by molar-refractivity contribution is -0.167. The lowest BCUT2D eigenvalue weighted by Crippen LogP contribution is -2.50. The van der Waals surface area contributed by atoms with E-state index in [2.05, 4.69) is 5.32 Å². The molecule has 0 atom stereocenters. The fraction of sp³-hybridized carbons (Fsp3) is 0.556. The van der Waals surface area contributed by atoms with E-state index in [1.807, 2.05) is 0 Å². The topological polar surface area (TPSA) is 64.6 Å². The first kappa shape index (κ1) is 19.9. The van der Waals surface area contributed by atoms with Crippen molar-refractivity contribution in [3.63, 3.8) is 0 Å². The highest BCUT2D eigenvalue weighted by molar-refractivity contribution is 6.35. The van der Waals surface area contributed by atoms with Crippen LogP contribution in [0.5, 0.6) is 5.75 Å². The molecule has 5 nitrogen and oxygen atoms in total. The van der Waals surface area contributed by atoms with E-state index in [1.54, 1.807) is 26.0 Å². The van der Waals surface area contributed by atoms with Gasteiger partial charge in [-0.1, -0.05) is 42.5 Å². The molecule has 1 aromatic carbocycles. The van der Waals surface area contributed by atoms with Gasteiger partial charge >= 0.3 is 5.97 Å². The van der Waals surface area contributed by atoms with E-state index >= 15 is 0 Å². The van der Waals surface area contributed by atoms with Crippen LogP contribution in [0.4, 0.5) is 0 Å². The number of nitrogens with one attached hydrogen (secondary N) is 1. The Morgan fingerprint density at radius 1 is 1.20 bits per heavy atom. The van der Waals surface area contributed by atoms with Crippen LogP contribution in [0.3, 0.4) is 0 Å². The summed E-state index contributed by atoms with van der Waals surface area (Å²) >= 11 is 11.8. The van der Waals surface area contributed by atoms with Crippen molar-refractivity contribution in [2.24, 2.45) is 0 Å². The van der Waals surface area contributed by atoms with Crippen LogP contribution in [0.2, 0.25) is 10.0 Å². The van der Waals surface area contributed by atoms with E-state index in [9.17, 15) is 9.59 Å². The molecule has 7 heteroatoms. The average molecular weight is 388 g/mol. The largest absolute Gasteiger partial charge is 0.480 e. The van der Waals surface area contributed by atoms with Gasteiger partial charge in [-0.05, 0) is 44.9 Å². The molecule has 0 spiro atoms. The van der Waals surface area contributed by atoms with Crippen LogP contribution in [-0.4, -0.2) is 30.1 Å². The fourth-order valence-corrected chi connectivity index (χ4v) is 3.16. The van der Waals surface area contributed by atoms with Gasteiger partial charge in [0.15, 0.2) is 12.2 Å². The van der Waals surface area contributed by atoms with Gasteiger partial charge in [0.2, 0.25) is 0 Å². The number of ether oxygens (including phenoxy) is 2. The summed E-state index contributed by atoms with van der Waals surface area (Å²) in [5.41, 5.74) is -1.26. The quantitative estimate of drug-likeness (QED) is 0.744. The van der Waals surface area contributed by atoms with Gasteiger partial charge in [-0.2, -0.15) is 0 Å².